The first kappa shape index (κ1) is 8.08. The average Bonchev–Trinajstić information content (AvgIpc) is 2.70. The topological polar surface area (TPSA) is 37.3 Å². The van der Waals surface area contributed by atoms with Gasteiger partial charge in [-0.15, -0.1) is 11.3 Å². The molecular formula is C8H7ClO2S. The van der Waals surface area contributed by atoms with E-state index in [0.717, 1.165) is 11.3 Å². The SMILES string of the molecule is O=C(O)C1CC1c1sccc1Cl. The zero-order valence-electron chi connectivity index (χ0n) is 6.16. The van der Waals surface area contributed by atoms with E-state index >= 15 is 0 Å². The van der Waals surface area contributed by atoms with Crippen LogP contribution in [0.25, 0.3) is 0 Å². The van der Waals surface area contributed by atoms with Crippen LogP contribution < -0.4 is 0 Å². The van der Waals surface area contributed by atoms with Gasteiger partial charge in [0.1, 0.15) is 0 Å². The van der Waals surface area contributed by atoms with Crippen LogP contribution in [0.5, 0.6) is 0 Å². The third kappa shape index (κ3) is 1.23. The standard InChI is InChI=1S/C8H7ClO2S/c9-6-1-2-12-7(6)4-3-5(4)8(10)11/h1-2,4-5H,3H2,(H,10,11). The maximum atomic E-state index is 10.5. The molecule has 12 heavy (non-hydrogen) atoms. The molecule has 1 fully saturated rings. The first-order valence-electron chi connectivity index (χ1n) is 3.66. The Kier molecular flexibility index (Phi) is 1.85. The molecule has 2 atom stereocenters. The highest BCUT2D eigenvalue weighted by Gasteiger charge is 2.45. The van der Waals surface area contributed by atoms with E-state index in [-0.39, 0.29) is 11.8 Å². The monoisotopic (exact) mass is 202 g/mol. The molecule has 0 bridgehead atoms. The average molecular weight is 203 g/mol. The van der Waals surface area contributed by atoms with Crippen molar-refractivity contribution in [3.05, 3.63) is 21.3 Å². The Balaban J connectivity index is 2.15. The lowest BCUT2D eigenvalue weighted by molar-refractivity contribution is -0.138. The molecule has 0 radical (unpaired) electrons. The molecule has 0 aromatic carbocycles. The second-order valence-electron chi connectivity index (χ2n) is 2.92. The van der Waals surface area contributed by atoms with E-state index < -0.39 is 5.97 Å². The van der Waals surface area contributed by atoms with Crippen LogP contribution in [0.3, 0.4) is 0 Å². The Morgan fingerprint density at radius 3 is 2.92 bits per heavy atom. The number of carboxylic acid groups (broad SMARTS) is 1. The van der Waals surface area contributed by atoms with E-state index in [1.165, 1.54) is 0 Å². The molecule has 4 heteroatoms. The van der Waals surface area contributed by atoms with Gasteiger partial charge in [-0.1, -0.05) is 11.6 Å². The van der Waals surface area contributed by atoms with Gasteiger partial charge in [0.25, 0.3) is 0 Å². The van der Waals surface area contributed by atoms with Crippen LogP contribution in [0, 0.1) is 5.92 Å². The fourth-order valence-electron chi connectivity index (χ4n) is 1.33. The van der Waals surface area contributed by atoms with Crippen molar-refractivity contribution in [1.82, 2.24) is 0 Å². The zero-order valence-corrected chi connectivity index (χ0v) is 7.73. The summed E-state index contributed by atoms with van der Waals surface area (Å²) < 4.78 is 0. The molecule has 0 aliphatic heterocycles. The maximum Gasteiger partial charge on any atom is 0.307 e. The van der Waals surface area contributed by atoms with E-state index in [2.05, 4.69) is 0 Å². The molecule has 1 heterocycles. The van der Waals surface area contributed by atoms with E-state index in [0.29, 0.717) is 5.02 Å². The van der Waals surface area contributed by atoms with Crippen molar-refractivity contribution in [2.75, 3.05) is 0 Å². The Bertz CT molecular complexity index is 321. The van der Waals surface area contributed by atoms with Gasteiger partial charge < -0.3 is 5.11 Å². The van der Waals surface area contributed by atoms with Crippen molar-refractivity contribution in [1.29, 1.82) is 0 Å². The summed E-state index contributed by atoms with van der Waals surface area (Å²) in [5, 5.41) is 11.3. The zero-order chi connectivity index (χ0) is 8.72. The predicted molar refractivity (Wildman–Crippen MR) is 47.8 cm³/mol. The number of halogens is 1. The molecule has 1 saturated carbocycles. The fourth-order valence-corrected chi connectivity index (χ4v) is 2.71. The van der Waals surface area contributed by atoms with Crippen LogP contribution in [0.4, 0.5) is 0 Å². The summed E-state index contributed by atoms with van der Waals surface area (Å²) >= 11 is 7.41. The molecule has 2 rings (SSSR count). The number of aliphatic carboxylic acids is 1. The first-order chi connectivity index (χ1) is 5.70. The van der Waals surface area contributed by atoms with Crippen LogP contribution >= 0.6 is 22.9 Å². The van der Waals surface area contributed by atoms with Crippen molar-refractivity contribution < 1.29 is 9.90 Å². The Hall–Kier alpha value is -0.540. The van der Waals surface area contributed by atoms with Gasteiger partial charge in [-0.2, -0.15) is 0 Å². The quantitative estimate of drug-likeness (QED) is 0.801. The van der Waals surface area contributed by atoms with Crippen molar-refractivity contribution in [2.45, 2.75) is 12.3 Å². The Morgan fingerprint density at radius 2 is 2.50 bits per heavy atom. The number of thiophene rings is 1. The molecule has 1 aromatic heterocycles. The molecule has 0 amide bonds. The Morgan fingerprint density at radius 1 is 1.75 bits per heavy atom. The molecule has 1 aromatic rings. The number of hydrogen-bond donors (Lipinski definition) is 1. The highest BCUT2D eigenvalue weighted by Crippen LogP contribution is 2.51. The van der Waals surface area contributed by atoms with Gasteiger partial charge in [0.05, 0.1) is 10.9 Å². The van der Waals surface area contributed by atoms with Gasteiger partial charge in [0, 0.05) is 10.8 Å². The summed E-state index contributed by atoms with van der Waals surface area (Å²) in [6.07, 6.45) is 0.746. The molecule has 1 aliphatic rings. The summed E-state index contributed by atoms with van der Waals surface area (Å²) in [7, 11) is 0. The lowest BCUT2D eigenvalue weighted by Crippen LogP contribution is -1.98. The first-order valence-corrected chi connectivity index (χ1v) is 4.91. The van der Waals surface area contributed by atoms with Gasteiger partial charge >= 0.3 is 5.97 Å². The van der Waals surface area contributed by atoms with Gasteiger partial charge in [0.2, 0.25) is 0 Å². The summed E-state index contributed by atoms with van der Waals surface area (Å²) in [5.74, 6) is -0.722. The van der Waals surface area contributed by atoms with Crippen LogP contribution in [0.2, 0.25) is 5.02 Å². The van der Waals surface area contributed by atoms with Crippen LogP contribution in [-0.4, -0.2) is 11.1 Å². The van der Waals surface area contributed by atoms with E-state index in [4.69, 9.17) is 16.7 Å². The third-order valence-corrected chi connectivity index (χ3v) is 3.58. The minimum atomic E-state index is -0.704. The lowest BCUT2D eigenvalue weighted by Gasteiger charge is -1.92. The molecule has 1 N–H and O–H groups in total. The Labute approximate surface area is 78.8 Å². The highest BCUT2D eigenvalue weighted by atomic mass is 35.5. The van der Waals surface area contributed by atoms with Crippen LogP contribution in [0.15, 0.2) is 11.4 Å². The maximum absolute atomic E-state index is 10.5. The normalized spacial score (nSPS) is 27.1. The summed E-state index contributed by atoms with van der Waals surface area (Å²) in [6.45, 7) is 0. The van der Waals surface area contributed by atoms with Crippen molar-refractivity contribution in [2.24, 2.45) is 5.92 Å². The number of carbonyl (C=O) groups is 1. The van der Waals surface area contributed by atoms with E-state index in [9.17, 15) is 4.79 Å². The third-order valence-electron chi connectivity index (χ3n) is 2.09. The molecule has 0 spiro atoms. The fraction of sp³-hybridized carbons (Fsp3) is 0.375. The lowest BCUT2D eigenvalue weighted by atomic mass is 10.3. The minimum absolute atomic E-state index is 0.176. The van der Waals surface area contributed by atoms with Crippen molar-refractivity contribution in [3.8, 4) is 0 Å². The minimum Gasteiger partial charge on any atom is -0.481 e. The molecule has 2 unspecified atom stereocenters. The molecular weight excluding hydrogens is 196 g/mol. The van der Waals surface area contributed by atoms with Crippen LogP contribution in [-0.2, 0) is 4.79 Å². The van der Waals surface area contributed by atoms with Gasteiger partial charge in [-0.25, -0.2) is 0 Å². The molecule has 2 nitrogen and oxygen atoms in total. The van der Waals surface area contributed by atoms with Gasteiger partial charge in [-0.05, 0) is 17.9 Å². The number of hydrogen-bond acceptors (Lipinski definition) is 2. The van der Waals surface area contributed by atoms with Crippen molar-refractivity contribution >= 4 is 28.9 Å². The summed E-state index contributed by atoms with van der Waals surface area (Å²) in [4.78, 5) is 11.6. The number of rotatable bonds is 2. The predicted octanol–water partition coefficient (Wildman–Crippen LogP) is 2.59. The van der Waals surface area contributed by atoms with Crippen LogP contribution in [0.1, 0.15) is 17.2 Å². The number of carboxylic acids is 1. The molecule has 64 valence electrons. The van der Waals surface area contributed by atoms with Crippen molar-refractivity contribution in [3.63, 3.8) is 0 Å². The second-order valence-corrected chi connectivity index (χ2v) is 4.27. The van der Waals surface area contributed by atoms with E-state index in [1.807, 2.05) is 11.4 Å². The smallest absolute Gasteiger partial charge is 0.307 e. The highest BCUT2D eigenvalue weighted by molar-refractivity contribution is 7.10. The summed E-state index contributed by atoms with van der Waals surface area (Å²) in [5.41, 5.74) is 0. The molecule has 1 aliphatic carbocycles. The summed E-state index contributed by atoms with van der Waals surface area (Å²) in [6, 6.07) is 1.82. The molecule has 0 saturated heterocycles. The van der Waals surface area contributed by atoms with Gasteiger partial charge in [-0.3, -0.25) is 4.79 Å². The second kappa shape index (κ2) is 2.75. The van der Waals surface area contributed by atoms with E-state index in [1.54, 1.807) is 11.3 Å². The van der Waals surface area contributed by atoms with Gasteiger partial charge in [0.15, 0.2) is 0 Å². The largest absolute Gasteiger partial charge is 0.481 e.